The number of aryl methyl sites for hydroxylation is 1. The van der Waals surface area contributed by atoms with Gasteiger partial charge in [-0.1, -0.05) is 43.7 Å². The third kappa shape index (κ3) is 5.71. The van der Waals surface area contributed by atoms with Crippen molar-refractivity contribution < 1.29 is 14.0 Å². The van der Waals surface area contributed by atoms with Crippen LogP contribution < -0.4 is 10.6 Å². The molecule has 0 aliphatic heterocycles. The lowest BCUT2D eigenvalue weighted by Crippen LogP contribution is -2.26. The third-order valence-electron chi connectivity index (χ3n) is 3.84. The van der Waals surface area contributed by atoms with Crippen LogP contribution in [0.4, 0.5) is 10.1 Å². The van der Waals surface area contributed by atoms with Gasteiger partial charge in [0.25, 0.3) is 5.91 Å². The Morgan fingerprint density at radius 2 is 1.76 bits per heavy atom. The highest BCUT2D eigenvalue weighted by atomic mass is 19.1. The summed E-state index contributed by atoms with van der Waals surface area (Å²) in [6, 6.07) is 13.3. The first-order valence-corrected chi connectivity index (χ1v) is 8.52. The minimum Gasteiger partial charge on any atom is -0.352 e. The quantitative estimate of drug-likeness (QED) is 0.714. The van der Waals surface area contributed by atoms with Gasteiger partial charge in [0, 0.05) is 13.0 Å². The largest absolute Gasteiger partial charge is 0.352 e. The van der Waals surface area contributed by atoms with E-state index in [9.17, 15) is 14.0 Å². The van der Waals surface area contributed by atoms with E-state index in [0.29, 0.717) is 29.8 Å². The zero-order chi connectivity index (χ0) is 18.1. The van der Waals surface area contributed by atoms with Crippen LogP contribution in [-0.4, -0.2) is 18.4 Å². The van der Waals surface area contributed by atoms with Gasteiger partial charge in [-0.25, -0.2) is 4.39 Å². The lowest BCUT2D eigenvalue weighted by Gasteiger charge is -2.11. The molecule has 0 atom stereocenters. The summed E-state index contributed by atoms with van der Waals surface area (Å²) in [5.74, 6) is -0.776. The average Bonchev–Trinajstić information content (AvgIpc) is 2.61. The van der Waals surface area contributed by atoms with Crippen molar-refractivity contribution in [1.82, 2.24) is 5.32 Å². The second-order valence-corrected chi connectivity index (χ2v) is 5.79. The van der Waals surface area contributed by atoms with E-state index >= 15 is 0 Å². The van der Waals surface area contributed by atoms with Gasteiger partial charge in [0.1, 0.15) is 5.82 Å². The zero-order valence-electron chi connectivity index (χ0n) is 14.3. The van der Waals surface area contributed by atoms with E-state index < -0.39 is 0 Å². The van der Waals surface area contributed by atoms with E-state index in [4.69, 9.17) is 0 Å². The summed E-state index contributed by atoms with van der Waals surface area (Å²) in [6.07, 6.45) is 2.35. The van der Waals surface area contributed by atoms with Crippen LogP contribution in [0.1, 0.15) is 42.1 Å². The summed E-state index contributed by atoms with van der Waals surface area (Å²) in [5.41, 5.74) is 1.40. The van der Waals surface area contributed by atoms with E-state index in [1.807, 2.05) is 0 Å². The molecule has 2 N–H and O–H groups in total. The van der Waals surface area contributed by atoms with Crippen LogP contribution in [-0.2, 0) is 11.2 Å². The Hall–Kier alpha value is -2.69. The van der Waals surface area contributed by atoms with E-state index in [1.54, 1.807) is 42.5 Å². The van der Waals surface area contributed by atoms with Gasteiger partial charge in [0.2, 0.25) is 5.91 Å². The van der Waals surface area contributed by atoms with Crippen molar-refractivity contribution in [2.24, 2.45) is 0 Å². The molecule has 2 aromatic carbocycles. The number of para-hydroxylation sites is 1. The summed E-state index contributed by atoms with van der Waals surface area (Å²) in [4.78, 5) is 24.4. The predicted molar refractivity (Wildman–Crippen MR) is 97.0 cm³/mol. The van der Waals surface area contributed by atoms with Gasteiger partial charge in [-0.15, -0.1) is 0 Å². The number of unbranched alkanes of at least 4 members (excludes halogenated alkanes) is 1. The first-order valence-electron chi connectivity index (χ1n) is 8.52. The third-order valence-corrected chi connectivity index (χ3v) is 3.84. The molecule has 0 aliphatic carbocycles. The standard InChI is InChI=1S/C20H23FN2O2/c1-2-3-14-22-20(25)16-9-5-7-11-18(16)23-19(24)13-12-15-8-4-6-10-17(15)21/h4-11H,2-3,12-14H2,1H3,(H,22,25)(H,23,24). The van der Waals surface area contributed by atoms with Gasteiger partial charge < -0.3 is 10.6 Å². The molecule has 2 aromatic rings. The van der Waals surface area contributed by atoms with Crippen molar-refractivity contribution in [2.45, 2.75) is 32.6 Å². The van der Waals surface area contributed by atoms with E-state index in [0.717, 1.165) is 12.8 Å². The number of halogens is 1. The smallest absolute Gasteiger partial charge is 0.253 e. The minimum atomic E-state index is -0.314. The Bertz CT molecular complexity index is 731. The van der Waals surface area contributed by atoms with Crippen LogP contribution in [0.2, 0.25) is 0 Å². The number of anilines is 1. The number of hydrogen-bond acceptors (Lipinski definition) is 2. The average molecular weight is 342 g/mol. The molecule has 2 amide bonds. The molecule has 0 spiro atoms. The van der Waals surface area contributed by atoms with Crippen molar-refractivity contribution >= 4 is 17.5 Å². The summed E-state index contributed by atoms with van der Waals surface area (Å²) < 4.78 is 13.6. The Labute approximate surface area is 147 Å². The van der Waals surface area contributed by atoms with Gasteiger partial charge in [0.15, 0.2) is 0 Å². The number of amides is 2. The monoisotopic (exact) mass is 342 g/mol. The summed E-state index contributed by atoms with van der Waals surface area (Å²) in [7, 11) is 0. The molecule has 0 saturated heterocycles. The van der Waals surface area contributed by atoms with Crippen molar-refractivity contribution in [2.75, 3.05) is 11.9 Å². The van der Waals surface area contributed by atoms with Crippen LogP contribution in [0.15, 0.2) is 48.5 Å². The molecule has 25 heavy (non-hydrogen) atoms. The Balaban J connectivity index is 1.96. The van der Waals surface area contributed by atoms with Gasteiger partial charge in [-0.3, -0.25) is 9.59 Å². The zero-order valence-corrected chi connectivity index (χ0v) is 14.3. The molecule has 0 bridgehead atoms. The van der Waals surface area contributed by atoms with Crippen molar-refractivity contribution in [3.8, 4) is 0 Å². The maximum atomic E-state index is 13.6. The Kier molecular flexibility index (Phi) is 7.14. The lowest BCUT2D eigenvalue weighted by atomic mass is 10.1. The van der Waals surface area contributed by atoms with Crippen LogP contribution in [0, 0.1) is 5.82 Å². The fourth-order valence-corrected chi connectivity index (χ4v) is 2.43. The van der Waals surface area contributed by atoms with Crippen molar-refractivity contribution in [3.63, 3.8) is 0 Å². The fourth-order valence-electron chi connectivity index (χ4n) is 2.43. The molecule has 0 radical (unpaired) electrons. The molecule has 0 heterocycles. The second kappa shape index (κ2) is 9.57. The molecule has 4 nitrogen and oxygen atoms in total. The SMILES string of the molecule is CCCCNC(=O)c1ccccc1NC(=O)CCc1ccccc1F. The minimum absolute atomic E-state index is 0.146. The van der Waals surface area contributed by atoms with Gasteiger partial charge in [-0.05, 0) is 36.6 Å². The maximum absolute atomic E-state index is 13.6. The fraction of sp³-hybridized carbons (Fsp3) is 0.300. The van der Waals surface area contributed by atoms with Crippen LogP contribution in [0.25, 0.3) is 0 Å². The predicted octanol–water partition coefficient (Wildman–Crippen LogP) is 3.93. The summed E-state index contributed by atoms with van der Waals surface area (Å²) in [5, 5.41) is 5.59. The van der Waals surface area contributed by atoms with Gasteiger partial charge in [-0.2, -0.15) is 0 Å². The van der Waals surface area contributed by atoms with E-state index in [1.165, 1.54) is 6.07 Å². The number of carbonyl (C=O) groups excluding carboxylic acids is 2. The van der Waals surface area contributed by atoms with Gasteiger partial charge >= 0.3 is 0 Å². The highest BCUT2D eigenvalue weighted by Gasteiger charge is 2.13. The van der Waals surface area contributed by atoms with Crippen molar-refractivity contribution in [1.29, 1.82) is 0 Å². The van der Waals surface area contributed by atoms with Crippen LogP contribution >= 0.6 is 0 Å². The first kappa shape index (κ1) is 18.6. The molecule has 0 saturated carbocycles. The molecule has 0 unspecified atom stereocenters. The summed E-state index contributed by atoms with van der Waals surface area (Å²) in [6.45, 7) is 2.65. The molecule has 132 valence electrons. The van der Waals surface area contributed by atoms with E-state index in [-0.39, 0.29) is 24.1 Å². The Morgan fingerprint density at radius 3 is 2.52 bits per heavy atom. The normalized spacial score (nSPS) is 10.3. The van der Waals surface area contributed by atoms with E-state index in [2.05, 4.69) is 17.6 Å². The molecule has 0 fully saturated rings. The molecule has 5 heteroatoms. The first-order chi connectivity index (χ1) is 12.1. The van der Waals surface area contributed by atoms with Gasteiger partial charge in [0.05, 0.1) is 11.3 Å². The van der Waals surface area contributed by atoms with Crippen LogP contribution in [0.3, 0.4) is 0 Å². The number of carbonyl (C=O) groups is 2. The number of hydrogen-bond donors (Lipinski definition) is 2. The number of nitrogens with one attached hydrogen (secondary N) is 2. The summed E-state index contributed by atoms with van der Waals surface area (Å²) >= 11 is 0. The molecular formula is C20H23FN2O2. The molecule has 0 aromatic heterocycles. The topological polar surface area (TPSA) is 58.2 Å². The Morgan fingerprint density at radius 1 is 1.04 bits per heavy atom. The molecule has 2 rings (SSSR count). The second-order valence-electron chi connectivity index (χ2n) is 5.79. The lowest BCUT2D eigenvalue weighted by molar-refractivity contribution is -0.116. The maximum Gasteiger partial charge on any atom is 0.253 e. The number of rotatable bonds is 8. The van der Waals surface area contributed by atoms with Crippen molar-refractivity contribution in [3.05, 3.63) is 65.5 Å². The molecule has 0 aliphatic rings. The van der Waals surface area contributed by atoms with Crippen LogP contribution in [0.5, 0.6) is 0 Å². The highest BCUT2D eigenvalue weighted by Crippen LogP contribution is 2.16. The highest BCUT2D eigenvalue weighted by molar-refractivity contribution is 6.03. The molecular weight excluding hydrogens is 319 g/mol. The number of benzene rings is 2.